The highest BCUT2D eigenvalue weighted by Gasteiger charge is 2.28. The SMILES string of the molecule is C=CC1=C(F)C(F)CC(F)=C1F. The Bertz CT molecular complexity index is 275. The summed E-state index contributed by atoms with van der Waals surface area (Å²) in [6.07, 6.45) is -2.19. The monoisotopic (exact) mass is 178 g/mol. The smallest absolute Gasteiger partial charge is 0.164 e. The lowest BCUT2D eigenvalue weighted by Crippen LogP contribution is -2.10. The van der Waals surface area contributed by atoms with E-state index in [1.165, 1.54) is 0 Å². The topological polar surface area (TPSA) is 0 Å². The summed E-state index contributed by atoms with van der Waals surface area (Å²) in [5.74, 6) is -3.90. The molecule has 1 aliphatic rings. The van der Waals surface area contributed by atoms with Gasteiger partial charge in [-0.05, 0) is 0 Å². The van der Waals surface area contributed by atoms with E-state index >= 15 is 0 Å². The summed E-state index contributed by atoms with van der Waals surface area (Å²) in [7, 11) is 0. The molecule has 0 saturated carbocycles. The van der Waals surface area contributed by atoms with Crippen LogP contribution in [0.2, 0.25) is 0 Å². The van der Waals surface area contributed by atoms with Gasteiger partial charge in [0.05, 0.1) is 0 Å². The molecule has 0 aromatic heterocycles. The molecule has 1 atom stereocenters. The number of allylic oxidation sites excluding steroid dienone is 5. The van der Waals surface area contributed by atoms with Gasteiger partial charge in [-0.1, -0.05) is 12.7 Å². The summed E-state index contributed by atoms with van der Waals surface area (Å²) < 4.78 is 50.3. The van der Waals surface area contributed by atoms with Gasteiger partial charge in [0.15, 0.2) is 12.0 Å². The van der Waals surface area contributed by atoms with Crippen LogP contribution in [0.5, 0.6) is 0 Å². The molecule has 12 heavy (non-hydrogen) atoms. The Morgan fingerprint density at radius 2 is 1.92 bits per heavy atom. The van der Waals surface area contributed by atoms with Crippen LogP contribution in [-0.4, -0.2) is 6.17 Å². The van der Waals surface area contributed by atoms with E-state index in [4.69, 9.17) is 0 Å². The number of hydrogen-bond acceptors (Lipinski definition) is 0. The highest BCUT2D eigenvalue weighted by molar-refractivity contribution is 5.42. The van der Waals surface area contributed by atoms with Gasteiger partial charge in [-0.25, -0.2) is 17.6 Å². The van der Waals surface area contributed by atoms with Crippen molar-refractivity contribution in [1.29, 1.82) is 0 Å². The molecule has 0 spiro atoms. The van der Waals surface area contributed by atoms with E-state index in [-0.39, 0.29) is 0 Å². The van der Waals surface area contributed by atoms with Crippen LogP contribution in [-0.2, 0) is 0 Å². The van der Waals surface area contributed by atoms with E-state index in [0.717, 1.165) is 6.08 Å². The van der Waals surface area contributed by atoms with Crippen molar-refractivity contribution in [3.05, 3.63) is 35.7 Å². The van der Waals surface area contributed by atoms with Crippen molar-refractivity contribution in [2.75, 3.05) is 0 Å². The molecule has 1 unspecified atom stereocenters. The maximum Gasteiger partial charge on any atom is 0.164 e. The third-order valence-corrected chi connectivity index (χ3v) is 1.57. The second-order valence-corrected chi connectivity index (χ2v) is 2.36. The summed E-state index contributed by atoms with van der Waals surface area (Å²) in [5, 5.41) is 0. The summed E-state index contributed by atoms with van der Waals surface area (Å²) >= 11 is 0. The van der Waals surface area contributed by atoms with Gasteiger partial charge in [-0.3, -0.25) is 0 Å². The normalized spacial score (nSPS) is 24.8. The summed E-state index contributed by atoms with van der Waals surface area (Å²) in [4.78, 5) is 0. The fourth-order valence-electron chi connectivity index (χ4n) is 0.943. The Balaban J connectivity index is 3.17. The fraction of sp³-hybridized carbons (Fsp3) is 0.250. The van der Waals surface area contributed by atoms with Gasteiger partial charge >= 0.3 is 0 Å². The van der Waals surface area contributed by atoms with Crippen molar-refractivity contribution in [3.63, 3.8) is 0 Å². The number of rotatable bonds is 1. The third-order valence-electron chi connectivity index (χ3n) is 1.57. The molecule has 0 aromatic rings. The lowest BCUT2D eigenvalue weighted by molar-refractivity contribution is 0.291. The Morgan fingerprint density at radius 1 is 1.33 bits per heavy atom. The van der Waals surface area contributed by atoms with Crippen molar-refractivity contribution in [3.8, 4) is 0 Å². The molecule has 0 aliphatic heterocycles. The zero-order valence-corrected chi connectivity index (χ0v) is 6.08. The van der Waals surface area contributed by atoms with E-state index in [1.54, 1.807) is 0 Å². The first-order valence-corrected chi connectivity index (χ1v) is 3.28. The van der Waals surface area contributed by atoms with Gasteiger partial charge in [0.1, 0.15) is 11.7 Å². The molecule has 0 N–H and O–H groups in total. The predicted octanol–water partition coefficient (Wildman–Crippen LogP) is 3.29. The van der Waals surface area contributed by atoms with Gasteiger partial charge in [0, 0.05) is 12.0 Å². The first-order chi connectivity index (χ1) is 5.57. The molecule has 0 bridgehead atoms. The average molecular weight is 178 g/mol. The molecule has 0 aromatic carbocycles. The molecule has 0 amide bonds. The zero-order valence-electron chi connectivity index (χ0n) is 6.08. The van der Waals surface area contributed by atoms with E-state index in [0.29, 0.717) is 0 Å². The minimum absolute atomic E-state index is 0.716. The summed E-state index contributed by atoms with van der Waals surface area (Å²) in [6.45, 7) is 3.05. The van der Waals surface area contributed by atoms with Gasteiger partial charge in [-0.15, -0.1) is 0 Å². The van der Waals surface area contributed by atoms with Crippen molar-refractivity contribution >= 4 is 0 Å². The van der Waals surface area contributed by atoms with Gasteiger partial charge in [0.2, 0.25) is 0 Å². The Labute approximate surface area is 66.9 Å². The molecular weight excluding hydrogens is 172 g/mol. The number of hydrogen-bond donors (Lipinski definition) is 0. The molecule has 0 saturated heterocycles. The molecule has 1 aliphatic carbocycles. The molecule has 0 fully saturated rings. The molecular formula is C8H6F4. The van der Waals surface area contributed by atoms with E-state index < -0.39 is 35.6 Å². The number of alkyl halides is 1. The minimum Gasteiger partial charge on any atom is -0.239 e. The van der Waals surface area contributed by atoms with Crippen molar-refractivity contribution < 1.29 is 17.6 Å². The lowest BCUT2D eigenvalue weighted by atomic mass is 10.0. The Morgan fingerprint density at radius 3 is 2.42 bits per heavy atom. The van der Waals surface area contributed by atoms with Crippen LogP contribution >= 0.6 is 0 Å². The highest BCUT2D eigenvalue weighted by Crippen LogP contribution is 2.34. The highest BCUT2D eigenvalue weighted by atomic mass is 19.2. The van der Waals surface area contributed by atoms with Crippen LogP contribution in [0.25, 0.3) is 0 Å². The van der Waals surface area contributed by atoms with Crippen LogP contribution < -0.4 is 0 Å². The number of halogens is 4. The van der Waals surface area contributed by atoms with Gasteiger partial charge in [-0.2, -0.15) is 0 Å². The quantitative estimate of drug-likeness (QED) is 0.540. The Kier molecular flexibility index (Phi) is 2.35. The van der Waals surface area contributed by atoms with Crippen molar-refractivity contribution in [1.82, 2.24) is 0 Å². The van der Waals surface area contributed by atoms with Crippen LogP contribution in [0.15, 0.2) is 35.7 Å². The standard InChI is InChI=1S/C8H6F4/c1-2-4-7(11)5(9)3-6(10)8(4)12/h2,5H,1,3H2. The van der Waals surface area contributed by atoms with Gasteiger partial charge < -0.3 is 0 Å². The van der Waals surface area contributed by atoms with E-state index in [9.17, 15) is 17.6 Å². The molecule has 66 valence electrons. The summed E-state index contributed by atoms with van der Waals surface area (Å²) in [5.41, 5.74) is -0.716. The molecule has 1 rings (SSSR count). The van der Waals surface area contributed by atoms with Crippen LogP contribution in [0, 0.1) is 0 Å². The maximum atomic E-state index is 12.7. The van der Waals surface area contributed by atoms with E-state index in [1.807, 2.05) is 0 Å². The molecule has 0 heterocycles. The first kappa shape index (κ1) is 9.03. The van der Waals surface area contributed by atoms with Crippen LogP contribution in [0.3, 0.4) is 0 Å². The van der Waals surface area contributed by atoms with Crippen molar-refractivity contribution in [2.45, 2.75) is 12.6 Å². The Hall–Kier alpha value is -1.06. The molecule has 0 nitrogen and oxygen atoms in total. The fourth-order valence-corrected chi connectivity index (χ4v) is 0.943. The van der Waals surface area contributed by atoms with Gasteiger partial charge in [0.25, 0.3) is 0 Å². The summed E-state index contributed by atoms with van der Waals surface area (Å²) in [6, 6.07) is 0. The molecule has 0 radical (unpaired) electrons. The van der Waals surface area contributed by atoms with Crippen LogP contribution in [0.1, 0.15) is 6.42 Å². The zero-order chi connectivity index (χ0) is 9.30. The minimum atomic E-state index is -2.09. The van der Waals surface area contributed by atoms with Crippen LogP contribution in [0.4, 0.5) is 17.6 Å². The van der Waals surface area contributed by atoms with E-state index in [2.05, 4.69) is 6.58 Å². The second-order valence-electron chi connectivity index (χ2n) is 2.36. The lowest BCUT2D eigenvalue weighted by Gasteiger charge is -2.13. The average Bonchev–Trinajstić information content (AvgIpc) is 2.02. The maximum absolute atomic E-state index is 12.7. The first-order valence-electron chi connectivity index (χ1n) is 3.28. The van der Waals surface area contributed by atoms with Crippen molar-refractivity contribution in [2.24, 2.45) is 0 Å². The third kappa shape index (κ3) is 1.29. The second kappa shape index (κ2) is 3.13. The predicted molar refractivity (Wildman–Crippen MR) is 37.1 cm³/mol. The molecule has 4 heteroatoms. The largest absolute Gasteiger partial charge is 0.239 e.